The first kappa shape index (κ1) is 17.0. The number of rotatable bonds is 8. The number of nitrogens with one attached hydrogen (secondary N) is 1. The van der Waals surface area contributed by atoms with Crippen LogP contribution in [0.4, 0.5) is 0 Å². The SMILES string of the molecule is CCCNCc1ccc(OC)c(CS(=O)(=O)C(C)C)c1. The lowest BCUT2D eigenvalue weighted by molar-refractivity contribution is 0.410. The third kappa shape index (κ3) is 4.80. The van der Waals surface area contributed by atoms with Crippen molar-refractivity contribution in [2.24, 2.45) is 0 Å². The Hall–Kier alpha value is -1.07. The summed E-state index contributed by atoms with van der Waals surface area (Å²) in [7, 11) is -1.56. The van der Waals surface area contributed by atoms with Crippen molar-refractivity contribution in [3.63, 3.8) is 0 Å². The molecular formula is C15H25NO3S. The summed E-state index contributed by atoms with van der Waals surface area (Å²) in [6, 6.07) is 5.72. The minimum Gasteiger partial charge on any atom is -0.496 e. The van der Waals surface area contributed by atoms with Crippen molar-refractivity contribution in [3.05, 3.63) is 29.3 Å². The summed E-state index contributed by atoms with van der Waals surface area (Å²) >= 11 is 0. The third-order valence-electron chi connectivity index (χ3n) is 3.18. The second-order valence-corrected chi connectivity index (χ2v) is 7.74. The molecule has 1 rings (SSSR count). The topological polar surface area (TPSA) is 55.4 Å². The summed E-state index contributed by atoms with van der Waals surface area (Å²) in [4.78, 5) is 0. The molecule has 0 aliphatic rings. The molecule has 1 N–H and O–H groups in total. The molecular weight excluding hydrogens is 274 g/mol. The van der Waals surface area contributed by atoms with Gasteiger partial charge in [0.05, 0.1) is 18.1 Å². The van der Waals surface area contributed by atoms with Gasteiger partial charge in [-0.3, -0.25) is 0 Å². The zero-order valence-corrected chi connectivity index (χ0v) is 13.6. The quantitative estimate of drug-likeness (QED) is 0.749. The normalized spacial score (nSPS) is 11.8. The van der Waals surface area contributed by atoms with Gasteiger partial charge in [0.15, 0.2) is 9.84 Å². The van der Waals surface area contributed by atoms with E-state index < -0.39 is 9.84 Å². The lowest BCUT2D eigenvalue weighted by Crippen LogP contribution is -2.17. The Balaban J connectivity index is 2.94. The minimum atomic E-state index is -3.13. The largest absolute Gasteiger partial charge is 0.496 e. The molecule has 0 amide bonds. The highest BCUT2D eigenvalue weighted by molar-refractivity contribution is 7.91. The Kier molecular flexibility index (Phi) is 6.49. The van der Waals surface area contributed by atoms with E-state index in [1.807, 2.05) is 18.2 Å². The van der Waals surface area contributed by atoms with E-state index in [1.54, 1.807) is 21.0 Å². The van der Waals surface area contributed by atoms with E-state index in [0.717, 1.165) is 30.6 Å². The van der Waals surface area contributed by atoms with E-state index in [0.29, 0.717) is 5.75 Å². The standard InChI is InChI=1S/C15H25NO3S/c1-5-8-16-10-13-6-7-15(19-4)14(9-13)11-20(17,18)12(2)3/h6-7,9,12,16H,5,8,10-11H2,1-4H3. The number of methoxy groups -OCH3 is 1. The summed E-state index contributed by atoms with van der Waals surface area (Å²) in [6.07, 6.45) is 1.07. The van der Waals surface area contributed by atoms with Gasteiger partial charge in [0.1, 0.15) is 5.75 Å². The van der Waals surface area contributed by atoms with Gasteiger partial charge in [-0.15, -0.1) is 0 Å². The van der Waals surface area contributed by atoms with Crippen molar-refractivity contribution in [2.75, 3.05) is 13.7 Å². The molecule has 0 heterocycles. The molecule has 1 aromatic carbocycles. The van der Waals surface area contributed by atoms with Crippen LogP contribution in [0.5, 0.6) is 5.75 Å². The Morgan fingerprint density at radius 2 is 2.00 bits per heavy atom. The van der Waals surface area contributed by atoms with Crippen molar-refractivity contribution in [1.82, 2.24) is 5.32 Å². The molecule has 114 valence electrons. The van der Waals surface area contributed by atoms with Crippen LogP contribution in [0.25, 0.3) is 0 Å². The average molecular weight is 299 g/mol. The number of hydrogen-bond donors (Lipinski definition) is 1. The summed E-state index contributed by atoms with van der Waals surface area (Å²) < 4.78 is 29.4. The lowest BCUT2D eigenvalue weighted by Gasteiger charge is -2.13. The molecule has 0 aromatic heterocycles. The van der Waals surface area contributed by atoms with Crippen LogP contribution in [0, 0.1) is 0 Å². The van der Waals surface area contributed by atoms with Crippen LogP contribution in [0.2, 0.25) is 0 Å². The highest BCUT2D eigenvalue weighted by Crippen LogP contribution is 2.23. The van der Waals surface area contributed by atoms with Gasteiger partial charge in [0, 0.05) is 12.1 Å². The van der Waals surface area contributed by atoms with E-state index in [-0.39, 0.29) is 11.0 Å². The number of sulfone groups is 1. The van der Waals surface area contributed by atoms with E-state index in [2.05, 4.69) is 12.2 Å². The van der Waals surface area contributed by atoms with Gasteiger partial charge < -0.3 is 10.1 Å². The highest BCUT2D eigenvalue weighted by atomic mass is 32.2. The highest BCUT2D eigenvalue weighted by Gasteiger charge is 2.19. The lowest BCUT2D eigenvalue weighted by atomic mass is 10.1. The zero-order chi connectivity index (χ0) is 15.2. The molecule has 5 heteroatoms. The van der Waals surface area contributed by atoms with Gasteiger partial charge in [0.2, 0.25) is 0 Å². The Labute approximate surface area is 122 Å². The monoisotopic (exact) mass is 299 g/mol. The molecule has 0 saturated heterocycles. The first-order chi connectivity index (χ1) is 9.40. The summed E-state index contributed by atoms with van der Waals surface area (Å²) in [5.74, 6) is 0.656. The molecule has 0 unspecified atom stereocenters. The summed E-state index contributed by atoms with van der Waals surface area (Å²) in [5, 5.41) is 2.93. The zero-order valence-electron chi connectivity index (χ0n) is 12.8. The van der Waals surface area contributed by atoms with Crippen molar-refractivity contribution in [2.45, 2.75) is 44.7 Å². The van der Waals surface area contributed by atoms with Crippen LogP contribution in [0.3, 0.4) is 0 Å². The number of ether oxygens (including phenoxy) is 1. The van der Waals surface area contributed by atoms with Crippen molar-refractivity contribution >= 4 is 9.84 Å². The van der Waals surface area contributed by atoms with Crippen molar-refractivity contribution in [3.8, 4) is 5.75 Å². The molecule has 0 atom stereocenters. The fraction of sp³-hybridized carbons (Fsp3) is 0.600. The predicted octanol–water partition coefficient (Wildman–Crippen LogP) is 2.52. The van der Waals surface area contributed by atoms with Gasteiger partial charge in [-0.05, 0) is 44.5 Å². The smallest absolute Gasteiger partial charge is 0.156 e. The van der Waals surface area contributed by atoms with Gasteiger partial charge in [-0.1, -0.05) is 13.0 Å². The van der Waals surface area contributed by atoms with Crippen LogP contribution in [0.15, 0.2) is 18.2 Å². The first-order valence-electron chi connectivity index (χ1n) is 6.98. The van der Waals surface area contributed by atoms with E-state index in [1.165, 1.54) is 0 Å². The molecule has 1 aromatic rings. The maximum absolute atomic E-state index is 12.1. The van der Waals surface area contributed by atoms with Crippen LogP contribution in [-0.4, -0.2) is 27.3 Å². The second-order valence-electron chi connectivity index (χ2n) is 5.18. The van der Waals surface area contributed by atoms with Gasteiger partial charge in [-0.2, -0.15) is 0 Å². The molecule has 4 nitrogen and oxygen atoms in total. The Morgan fingerprint density at radius 3 is 2.55 bits per heavy atom. The fourth-order valence-corrected chi connectivity index (χ4v) is 2.84. The van der Waals surface area contributed by atoms with E-state index >= 15 is 0 Å². The maximum Gasteiger partial charge on any atom is 0.156 e. The minimum absolute atomic E-state index is 0.0233. The third-order valence-corrected chi connectivity index (χ3v) is 5.33. The molecule has 0 bridgehead atoms. The fourth-order valence-electron chi connectivity index (χ4n) is 1.85. The summed E-state index contributed by atoms with van der Waals surface area (Å²) in [5.41, 5.74) is 1.81. The molecule has 20 heavy (non-hydrogen) atoms. The predicted molar refractivity (Wildman–Crippen MR) is 82.8 cm³/mol. The summed E-state index contributed by atoms with van der Waals surface area (Å²) in [6.45, 7) is 7.21. The van der Waals surface area contributed by atoms with Crippen LogP contribution in [-0.2, 0) is 22.1 Å². The number of hydrogen-bond acceptors (Lipinski definition) is 4. The van der Waals surface area contributed by atoms with E-state index in [4.69, 9.17) is 4.74 Å². The van der Waals surface area contributed by atoms with Gasteiger partial charge in [-0.25, -0.2) is 8.42 Å². The van der Waals surface area contributed by atoms with Crippen molar-refractivity contribution in [1.29, 1.82) is 0 Å². The molecule has 0 spiro atoms. The van der Waals surface area contributed by atoms with Crippen LogP contribution < -0.4 is 10.1 Å². The average Bonchev–Trinajstić information content (AvgIpc) is 2.39. The molecule has 0 saturated carbocycles. The molecule has 0 radical (unpaired) electrons. The van der Waals surface area contributed by atoms with Gasteiger partial charge in [0.25, 0.3) is 0 Å². The van der Waals surface area contributed by atoms with Crippen LogP contribution in [0.1, 0.15) is 38.3 Å². The Morgan fingerprint density at radius 1 is 1.30 bits per heavy atom. The van der Waals surface area contributed by atoms with Crippen LogP contribution >= 0.6 is 0 Å². The van der Waals surface area contributed by atoms with Gasteiger partial charge >= 0.3 is 0 Å². The molecule has 0 aliphatic heterocycles. The van der Waals surface area contributed by atoms with Crippen molar-refractivity contribution < 1.29 is 13.2 Å². The number of benzene rings is 1. The molecule has 0 fully saturated rings. The Bertz CT molecular complexity index is 524. The van der Waals surface area contributed by atoms with E-state index in [9.17, 15) is 8.42 Å². The maximum atomic E-state index is 12.1. The molecule has 0 aliphatic carbocycles. The first-order valence-corrected chi connectivity index (χ1v) is 8.70. The second kappa shape index (κ2) is 7.64.